The van der Waals surface area contributed by atoms with Gasteiger partial charge in [0.1, 0.15) is 5.01 Å². The standard InChI is InChI=1S/C12H16F3N3O2S/c1-17(11(19)12(13,14)15)6-9-8-21-10(16-9)7-18-2-4-20-5-3-18/h8H,2-7H2,1H3. The summed E-state index contributed by atoms with van der Waals surface area (Å²) in [5, 5.41) is 2.52. The number of ether oxygens (including phenoxy) is 1. The number of aromatic nitrogens is 1. The lowest BCUT2D eigenvalue weighted by Crippen LogP contribution is -2.38. The number of morpholine rings is 1. The minimum absolute atomic E-state index is 0.141. The molecule has 0 atom stereocenters. The van der Waals surface area contributed by atoms with Crippen molar-refractivity contribution in [2.75, 3.05) is 33.4 Å². The smallest absolute Gasteiger partial charge is 0.379 e. The van der Waals surface area contributed by atoms with Gasteiger partial charge in [0.15, 0.2) is 0 Å². The van der Waals surface area contributed by atoms with E-state index in [1.54, 1.807) is 5.38 Å². The van der Waals surface area contributed by atoms with Crippen LogP contribution in [0.2, 0.25) is 0 Å². The van der Waals surface area contributed by atoms with Gasteiger partial charge in [-0.1, -0.05) is 0 Å². The van der Waals surface area contributed by atoms with Crippen molar-refractivity contribution in [3.63, 3.8) is 0 Å². The van der Waals surface area contributed by atoms with E-state index in [9.17, 15) is 18.0 Å². The van der Waals surface area contributed by atoms with Gasteiger partial charge in [-0.25, -0.2) is 4.98 Å². The van der Waals surface area contributed by atoms with Crippen LogP contribution < -0.4 is 0 Å². The number of halogens is 3. The van der Waals surface area contributed by atoms with Crippen molar-refractivity contribution in [1.82, 2.24) is 14.8 Å². The van der Waals surface area contributed by atoms with E-state index in [0.717, 1.165) is 25.1 Å². The average molecular weight is 323 g/mol. The van der Waals surface area contributed by atoms with Gasteiger partial charge in [0.2, 0.25) is 0 Å². The zero-order valence-electron chi connectivity index (χ0n) is 11.5. The molecule has 1 aliphatic rings. The molecule has 0 N–H and O–H groups in total. The minimum Gasteiger partial charge on any atom is -0.379 e. The fourth-order valence-electron chi connectivity index (χ4n) is 1.98. The van der Waals surface area contributed by atoms with Gasteiger partial charge in [-0.2, -0.15) is 13.2 Å². The number of alkyl halides is 3. The van der Waals surface area contributed by atoms with Crippen molar-refractivity contribution in [2.45, 2.75) is 19.3 Å². The molecule has 1 aromatic heterocycles. The molecular weight excluding hydrogens is 307 g/mol. The lowest BCUT2D eigenvalue weighted by atomic mass is 10.4. The fourth-order valence-corrected chi connectivity index (χ4v) is 2.80. The first kappa shape index (κ1) is 16.2. The Bertz CT molecular complexity index is 486. The normalized spacial score (nSPS) is 17.0. The quantitative estimate of drug-likeness (QED) is 0.842. The van der Waals surface area contributed by atoms with E-state index >= 15 is 0 Å². The van der Waals surface area contributed by atoms with Gasteiger partial charge in [0.25, 0.3) is 0 Å². The van der Waals surface area contributed by atoms with Gasteiger partial charge in [0.05, 0.1) is 32.0 Å². The van der Waals surface area contributed by atoms with E-state index < -0.39 is 12.1 Å². The number of hydrogen-bond acceptors (Lipinski definition) is 5. The summed E-state index contributed by atoms with van der Waals surface area (Å²) in [6.07, 6.45) is -4.85. The molecule has 21 heavy (non-hydrogen) atoms. The number of carbonyl (C=O) groups is 1. The molecule has 0 aromatic carbocycles. The highest BCUT2D eigenvalue weighted by atomic mass is 32.1. The zero-order valence-corrected chi connectivity index (χ0v) is 12.3. The van der Waals surface area contributed by atoms with Crippen LogP contribution in [0.4, 0.5) is 13.2 Å². The lowest BCUT2D eigenvalue weighted by molar-refractivity contribution is -0.184. The van der Waals surface area contributed by atoms with E-state index in [1.165, 1.54) is 11.3 Å². The van der Waals surface area contributed by atoms with Crippen LogP contribution in [0.3, 0.4) is 0 Å². The Hall–Kier alpha value is -1.19. The predicted molar refractivity (Wildman–Crippen MR) is 70.7 cm³/mol. The Labute approximate surface area is 124 Å². The van der Waals surface area contributed by atoms with Gasteiger partial charge in [-0.05, 0) is 0 Å². The third-order valence-electron chi connectivity index (χ3n) is 3.05. The van der Waals surface area contributed by atoms with Crippen molar-refractivity contribution in [3.8, 4) is 0 Å². The molecule has 0 radical (unpaired) electrons. The maximum Gasteiger partial charge on any atom is 0.471 e. The number of thiazole rings is 1. The monoisotopic (exact) mass is 323 g/mol. The van der Waals surface area contributed by atoms with Crippen LogP contribution in [0.5, 0.6) is 0 Å². The first-order valence-corrected chi connectivity index (χ1v) is 7.30. The molecule has 2 rings (SSSR count). The van der Waals surface area contributed by atoms with Gasteiger partial charge in [-0.3, -0.25) is 9.69 Å². The summed E-state index contributed by atoms with van der Waals surface area (Å²) in [4.78, 5) is 18.1. The maximum atomic E-state index is 12.3. The summed E-state index contributed by atoms with van der Waals surface area (Å²) in [7, 11) is 1.12. The topological polar surface area (TPSA) is 45.7 Å². The molecule has 118 valence electrons. The molecule has 1 aromatic rings. The maximum absolute atomic E-state index is 12.3. The summed E-state index contributed by atoms with van der Waals surface area (Å²) in [6.45, 7) is 3.52. The Morgan fingerprint density at radius 3 is 2.76 bits per heavy atom. The van der Waals surface area contributed by atoms with Gasteiger partial charge in [0, 0.05) is 25.5 Å². The van der Waals surface area contributed by atoms with Crippen LogP contribution in [0.25, 0.3) is 0 Å². The van der Waals surface area contributed by atoms with E-state index in [2.05, 4.69) is 9.88 Å². The van der Waals surface area contributed by atoms with Crippen LogP contribution in [0.1, 0.15) is 10.7 Å². The predicted octanol–water partition coefficient (Wildman–Crippen LogP) is 1.50. The van der Waals surface area contributed by atoms with Crippen LogP contribution in [-0.4, -0.2) is 60.2 Å². The van der Waals surface area contributed by atoms with Crippen molar-refractivity contribution >= 4 is 17.2 Å². The lowest BCUT2D eigenvalue weighted by Gasteiger charge is -2.25. The largest absolute Gasteiger partial charge is 0.471 e. The first-order chi connectivity index (χ1) is 9.86. The Balaban J connectivity index is 1.89. The third kappa shape index (κ3) is 4.65. The SMILES string of the molecule is CN(Cc1csc(CN2CCOCC2)n1)C(=O)C(F)(F)F. The van der Waals surface area contributed by atoms with E-state index in [0.29, 0.717) is 30.4 Å². The van der Waals surface area contributed by atoms with Crippen molar-refractivity contribution in [3.05, 3.63) is 16.1 Å². The highest BCUT2D eigenvalue weighted by Crippen LogP contribution is 2.20. The molecule has 5 nitrogen and oxygen atoms in total. The second kappa shape index (κ2) is 6.71. The Kier molecular flexibility index (Phi) is 5.17. The molecule has 0 bridgehead atoms. The molecule has 9 heteroatoms. The number of rotatable bonds is 4. The number of nitrogens with zero attached hydrogens (tertiary/aromatic N) is 3. The van der Waals surface area contributed by atoms with Crippen LogP contribution >= 0.6 is 11.3 Å². The molecule has 1 saturated heterocycles. The fraction of sp³-hybridized carbons (Fsp3) is 0.667. The number of carbonyl (C=O) groups excluding carboxylic acids is 1. The molecule has 0 spiro atoms. The molecule has 0 aliphatic carbocycles. The zero-order chi connectivity index (χ0) is 15.5. The van der Waals surface area contributed by atoms with Gasteiger partial charge in [-0.15, -0.1) is 11.3 Å². The summed E-state index contributed by atoms with van der Waals surface area (Å²) < 4.78 is 42.1. The average Bonchev–Trinajstić information content (AvgIpc) is 2.85. The van der Waals surface area contributed by atoms with Gasteiger partial charge < -0.3 is 9.64 Å². The number of amides is 1. The summed E-state index contributed by atoms with van der Waals surface area (Å²) in [6, 6.07) is 0. The van der Waals surface area contributed by atoms with Crippen LogP contribution in [-0.2, 0) is 22.6 Å². The molecular formula is C12H16F3N3O2S. The third-order valence-corrected chi connectivity index (χ3v) is 3.93. The van der Waals surface area contributed by atoms with Crippen molar-refractivity contribution < 1.29 is 22.7 Å². The van der Waals surface area contributed by atoms with Gasteiger partial charge >= 0.3 is 12.1 Å². The van der Waals surface area contributed by atoms with E-state index in [4.69, 9.17) is 4.74 Å². The summed E-state index contributed by atoms with van der Waals surface area (Å²) in [5.41, 5.74) is 0.475. The number of hydrogen-bond donors (Lipinski definition) is 0. The molecule has 1 fully saturated rings. The van der Waals surface area contributed by atoms with E-state index in [-0.39, 0.29) is 6.54 Å². The second-order valence-corrected chi connectivity index (χ2v) is 5.72. The molecule has 1 amide bonds. The Morgan fingerprint density at radius 1 is 1.48 bits per heavy atom. The highest BCUT2D eigenvalue weighted by molar-refractivity contribution is 7.09. The van der Waals surface area contributed by atoms with Crippen LogP contribution in [0.15, 0.2) is 5.38 Å². The summed E-state index contributed by atoms with van der Waals surface area (Å²) >= 11 is 1.39. The first-order valence-electron chi connectivity index (χ1n) is 6.42. The Morgan fingerprint density at radius 2 is 2.14 bits per heavy atom. The molecule has 1 aliphatic heterocycles. The minimum atomic E-state index is -4.85. The summed E-state index contributed by atoms with van der Waals surface area (Å²) in [5.74, 6) is -1.86. The van der Waals surface area contributed by atoms with Crippen molar-refractivity contribution in [2.24, 2.45) is 0 Å². The van der Waals surface area contributed by atoms with E-state index in [1.807, 2.05) is 0 Å². The molecule has 0 unspecified atom stereocenters. The highest BCUT2D eigenvalue weighted by Gasteiger charge is 2.41. The van der Waals surface area contributed by atoms with Crippen molar-refractivity contribution in [1.29, 1.82) is 0 Å². The molecule has 0 saturated carbocycles. The van der Waals surface area contributed by atoms with Crippen LogP contribution in [0, 0.1) is 0 Å². The molecule has 2 heterocycles. The second-order valence-electron chi connectivity index (χ2n) is 4.78.